The van der Waals surface area contributed by atoms with Gasteiger partial charge in [-0.15, -0.1) is 0 Å². The number of benzene rings is 2. The van der Waals surface area contributed by atoms with Gasteiger partial charge in [0, 0.05) is 38.6 Å². The van der Waals surface area contributed by atoms with Crippen LogP contribution in [0.1, 0.15) is 54.6 Å². The number of carbonyl (C=O) groups excluding carboxylic acids is 1. The van der Waals surface area contributed by atoms with E-state index in [9.17, 15) is 9.18 Å². The molecule has 6 heteroatoms. The zero-order chi connectivity index (χ0) is 21.8. The molecule has 2 aromatic rings. The van der Waals surface area contributed by atoms with Crippen molar-refractivity contribution in [1.29, 1.82) is 0 Å². The highest BCUT2D eigenvalue weighted by Crippen LogP contribution is 2.44. The molecule has 2 saturated heterocycles. The molecule has 31 heavy (non-hydrogen) atoms. The van der Waals surface area contributed by atoms with Gasteiger partial charge in [0.05, 0.1) is 30.5 Å². The van der Waals surface area contributed by atoms with E-state index >= 15 is 0 Å². The van der Waals surface area contributed by atoms with Crippen LogP contribution in [0.3, 0.4) is 0 Å². The van der Waals surface area contributed by atoms with Crippen LogP contribution in [0, 0.1) is 5.82 Å². The Bertz CT molecular complexity index is 896. The lowest BCUT2D eigenvalue weighted by Crippen LogP contribution is -2.52. The van der Waals surface area contributed by atoms with E-state index in [1.807, 2.05) is 25.1 Å². The molecule has 2 aromatic carbocycles. The quantitative estimate of drug-likeness (QED) is 0.690. The molecule has 166 valence electrons. The number of methoxy groups -OCH3 is 1. The van der Waals surface area contributed by atoms with Crippen molar-refractivity contribution in [2.24, 2.45) is 0 Å². The highest BCUT2D eigenvalue weighted by atomic mass is 19.1. The summed E-state index contributed by atoms with van der Waals surface area (Å²) < 4.78 is 32.1. The minimum absolute atomic E-state index is 0.0206. The Balaban J connectivity index is 1.47. The second-order valence-corrected chi connectivity index (χ2v) is 8.36. The van der Waals surface area contributed by atoms with Gasteiger partial charge in [0.25, 0.3) is 5.91 Å². The molecule has 4 rings (SSSR count). The summed E-state index contributed by atoms with van der Waals surface area (Å²) in [6.07, 6.45) is 3.19. The molecule has 0 bridgehead atoms. The first-order chi connectivity index (χ1) is 15.0. The van der Waals surface area contributed by atoms with Crippen LogP contribution in [-0.2, 0) is 9.47 Å². The van der Waals surface area contributed by atoms with Crippen molar-refractivity contribution in [3.05, 3.63) is 65.5 Å². The molecule has 0 radical (unpaired) electrons. The average molecular weight is 428 g/mol. The summed E-state index contributed by atoms with van der Waals surface area (Å²) in [5.74, 6) is -0.443. The highest BCUT2D eigenvalue weighted by molar-refractivity contribution is 5.94. The Labute approximate surface area is 183 Å². The minimum atomic E-state index is -0.556. The average Bonchev–Trinajstić information content (AvgIpc) is 2.79. The van der Waals surface area contributed by atoms with Crippen molar-refractivity contribution in [1.82, 2.24) is 4.90 Å². The van der Waals surface area contributed by atoms with Crippen molar-refractivity contribution in [2.45, 2.75) is 50.4 Å². The molecule has 1 spiro atoms. The van der Waals surface area contributed by atoms with Gasteiger partial charge in [0.15, 0.2) is 0 Å². The number of hydrogen-bond acceptors (Lipinski definition) is 4. The van der Waals surface area contributed by atoms with Gasteiger partial charge in [-0.2, -0.15) is 0 Å². The van der Waals surface area contributed by atoms with Crippen molar-refractivity contribution in [2.75, 3.05) is 26.8 Å². The number of likely N-dealkylation sites (tertiary alicyclic amines) is 1. The van der Waals surface area contributed by atoms with Gasteiger partial charge >= 0.3 is 0 Å². The smallest absolute Gasteiger partial charge is 0.256 e. The molecular formula is C25H30FNO4. The molecular weight excluding hydrogens is 397 g/mol. The summed E-state index contributed by atoms with van der Waals surface area (Å²) in [5, 5.41) is 0. The molecule has 0 saturated carbocycles. The van der Waals surface area contributed by atoms with Crippen molar-refractivity contribution >= 4 is 5.91 Å². The maximum Gasteiger partial charge on any atom is 0.256 e. The van der Waals surface area contributed by atoms with E-state index in [0.29, 0.717) is 38.3 Å². The Morgan fingerprint density at radius 3 is 2.58 bits per heavy atom. The van der Waals surface area contributed by atoms with Crippen LogP contribution in [0.2, 0.25) is 0 Å². The van der Waals surface area contributed by atoms with E-state index in [0.717, 1.165) is 18.4 Å². The third-order valence-electron chi connectivity index (χ3n) is 6.41. The fourth-order valence-electron chi connectivity index (χ4n) is 4.78. The van der Waals surface area contributed by atoms with Crippen LogP contribution in [0.15, 0.2) is 48.5 Å². The standard InChI is InChI=1S/C25H30FNO4/c1-3-30-20-16-23(18-7-5-4-6-8-18)31-25(17-20)11-13-27(14-12-25)24(28)21-10-9-19(29-2)15-22(21)26/h4-10,15,20,23H,3,11-14,16-17H2,1-2H3. The number of carbonyl (C=O) groups is 1. The van der Waals surface area contributed by atoms with E-state index < -0.39 is 5.82 Å². The Hall–Kier alpha value is -2.44. The highest BCUT2D eigenvalue weighted by Gasteiger charge is 2.45. The molecule has 0 aromatic heterocycles. The number of ether oxygens (including phenoxy) is 3. The molecule has 1 amide bonds. The largest absolute Gasteiger partial charge is 0.497 e. The van der Waals surface area contributed by atoms with Gasteiger partial charge in [-0.05, 0) is 37.5 Å². The first kappa shape index (κ1) is 21.8. The predicted molar refractivity (Wildman–Crippen MR) is 116 cm³/mol. The second kappa shape index (κ2) is 9.37. The third kappa shape index (κ3) is 4.75. The first-order valence-corrected chi connectivity index (χ1v) is 11.0. The third-order valence-corrected chi connectivity index (χ3v) is 6.41. The number of halogens is 1. The Kier molecular flexibility index (Phi) is 6.58. The fraction of sp³-hybridized carbons (Fsp3) is 0.480. The minimum Gasteiger partial charge on any atom is -0.497 e. The van der Waals surface area contributed by atoms with E-state index in [1.54, 1.807) is 11.0 Å². The van der Waals surface area contributed by atoms with Crippen LogP contribution in [0.5, 0.6) is 5.75 Å². The predicted octanol–water partition coefficient (Wildman–Crippen LogP) is 4.77. The Morgan fingerprint density at radius 2 is 1.94 bits per heavy atom. The lowest BCUT2D eigenvalue weighted by Gasteiger charge is -2.48. The SMILES string of the molecule is CCOC1CC(c2ccccc2)OC2(CCN(C(=O)c3ccc(OC)cc3F)CC2)C1. The van der Waals surface area contributed by atoms with Crippen LogP contribution in [-0.4, -0.2) is 49.3 Å². The van der Waals surface area contributed by atoms with Gasteiger partial charge in [0.1, 0.15) is 11.6 Å². The lowest BCUT2D eigenvalue weighted by atomic mass is 9.80. The van der Waals surface area contributed by atoms with Crippen molar-refractivity contribution in [3.8, 4) is 5.75 Å². The number of rotatable bonds is 5. The molecule has 2 heterocycles. The lowest BCUT2D eigenvalue weighted by molar-refractivity contribution is -0.190. The molecule has 2 aliphatic rings. The molecule has 2 atom stereocenters. The number of piperidine rings is 1. The zero-order valence-corrected chi connectivity index (χ0v) is 18.2. The maximum atomic E-state index is 14.4. The first-order valence-electron chi connectivity index (χ1n) is 11.0. The van der Waals surface area contributed by atoms with Crippen molar-refractivity contribution < 1.29 is 23.4 Å². The van der Waals surface area contributed by atoms with Gasteiger partial charge in [-0.1, -0.05) is 30.3 Å². The van der Waals surface area contributed by atoms with Crippen LogP contribution < -0.4 is 4.74 Å². The number of hydrogen-bond donors (Lipinski definition) is 0. The Morgan fingerprint density at radius 1 is 1.19 bits per heavy atom. The number of nitrogens with zero attached hydrogens (tertiary/aromatic N) is 1. The van der Waals surface area contributed by atoms with E-state index in [4.69, 9.17) is 14.2 Å². The normalized spacial score (nSPS) is 23.0. The number of amides is 1. The molecule has 0 aliphatic carbocycles. The topological polar surface area (TPSA) is 48.0 Å². The van der Waals surface area contributed by atoms with Gasteiger partial charge in [-0.3, -0.25) is 4.79 Å². The molecule has 2 unspecified atom stereocenters. The summed E-state index contributed by atoms with van der Waals surface area (Å²) >= 11 is 0. The summed E-state index contributed by atoms with van der Waals surface area (Å²) in [6.45, 7) is 3.75. The van der Waals surface area contributed by atoms with Crippen molar-refractivity contribution in [3.63, 3.8) is 0 Å². The van der Waals surface area contributed by atoms with E-state index in [1.165, 1.54) is 19.2 Å². The summed E-state index contributed by atoms with van der Waals surface area (Å²) in [5.41, 5.74) is 0.911. The zero-order valence-electron chi connectivity index (χ0n) is 18.2. The summed E-state index contributed by atoms with van der Waals surface area (Å²) in [7, 11) is 1.47. The summed E-state index contributed by atoms with van der Waals surface area (Å²) in [4.78, 5) is 14.6. The van der Waals surface area contributed by atoms with E-state index in [-0.39, 0.29) is 29.3 Å². The molecule has 2 aliphatic heterocycles. The maximum absolute atomic E-state index is 14.4. The van der Waals surface area contributed by atoms with Gasteiger partial charge in [0.2, 0.25) is 0 Å². The molecule has 2 fully saturated rings. The van der Waals surface area contributed by atoms with Crippen LogP contribution in [0.4, 0.5) is 4.39 Å². The molecule has 0 N–H and O–H groups in total. The van der Waals surface area contributed by atoms with Gasteiger partial charge < -0.3 is 19.1 Å². The van der Waals surface area contributed by atoms with Crippen LogP contribution in [0.25, 0.3) is 0 Å². The summed E-state index contributed by atoms with van der Waals surface area (Å²) in [6, 6.07) is 14.6. The monoisotopic (exact) mass is 427 g/mol. The van der Waals surface area contributed by atoms with E-state index in [2.05, 4.69) is 12.1 Å². The second-order valence-electron chi connectivity index (χ2n) is 8.36. The van der Waals surface area contributed by atoms with Crippen LogP contribution >= 0.6 is 0 Å². The molecule has 5 nitrogen and oxygen atoms in total. The van der Waals surface area contributed by atoms with Gasteiger partial charge in [-0.25, -0.2) is 4.39 Å². The fourth-order valence-corrected chi connectivity index (χ4v) is 4.78.